The second kappa shape index (κ2) is 7.16. The summed E-state index contributed by atoms with van der Waals surface area (Å²) in [6.07, 6.45) is 0.920. The molecule has 0 saturated carbocycles. The van der Waals surface area contributed by atoms with Gasteiger partial charge in [0.2, 0.25) is 5.91 Å². The van der Waals surface area contributed by atoms with Crippen molar-refractivity contribution in [3.8, 4) is 0 Å². The fourth-order valence-corrected chi connectivity index (χ4v) is 4.55. The van der Waals surface area contributed by atoms with Crippen LogP contribution in [0.15, 0.2) is 42.5 Å². The van der Waals surface area contributed by atoms with Crippen LogP contribution >= 0.6 is 35.0 Å². The number of fused-ring (bicyclic) bond motifs is 1. The predicted octanol–water partition coefficient (Wildman–Crippen LogP) is 5.20. The summed E-state index contributed by atoms with van der Waals surface area (Å²) in [6.45, 7) is 2.09. The van der Waals surface area contributed by atoms with Gasteiger partial charge in [-0.3, -0.25) is 4.79 Å². The van der Waals surface area contributed by atoms with E-state index in [0.29, 0.717) is 21.6 Å². The number of anilines is 1. The van der Waals surface area contributed by atoms with Crippen LogP contribution in [0.2, 0.25) is 10.0 Å². The van der Waals surface area contributed by atoms with Gasteiger partial charge in [-0.15, -0.1) is 11.8 Å². The third-order valence-corrected chi connectivity index (χ3v) is 5.66. The van der Waals surface area contributed by atoms with Crippen LogP contribution in [0.3, 0.4) is 0 Å². The van der Waals surface area contributed by atoms with Gasteiger partial charge in [-0.1, -0.05) is 47.5 Å². The summed E-state index contributed by atoms with van der Waals surface area (Å²) in [7, 11) is 0. The molecule has 2 aromatic carbocycles. The van der Waals surface area contributed by atoms with Crippen molar-refractivity contribution >= 4 is 46.6 Å². The number of rotatable bonds is 4. The van der Waals surface area contributed by atoms with Crippen molar-refractivity contribution in [1.29, 1.82) is 0 Å². The van der Waals surface area contributed by atoms with Gasteiger partial charge < -0.3 is 4.90 Å². The minimum absolute atomic E-state index is 0.135. The third kappa shape index (κ3) is 3.52. The van der Waals surface area contributed by atoms with Gasteiger partial charge in [0.1, 0.15) is 0 Å². The first-order valence-corrected chi connectivity index (χ1v) is 9.39. The fourth-order valence-electron chi connectivity index (χ4n) is 2.93. The van der Waals surface area contributed by atoms with Gasteiger partial charge in [0.05, 0.1) is 5.75 Å². The zero-order valence-electron chi connectivity index (χ0n) is 12.8. The number of hydrogen-bond donors (Lipinski definition) is 0. The quantitative estimate of drug-likeness (QED) is 0.741. The minimum atomic E-state index is 0.135. The van der Waals surface area contributed by atoms with Gasteiger partial charge in [-0.2, -0.15) is 0 Å². The predicted molar refractivity (Wildman–Crippen MR) is 99.7 cm³/mol. The standard InChI is InChI=1S/C18H17Cl2NOS/c1-12-9-13-5-2-3-8-17(13)21(12)18(22)11-23-10-14-15(19)6-4-7-16(14)20/h2-8,12H,9-11H2,1H3. The maximum absolute atomic E-state index is 12.6. The molecule has 0 bridgehead atoms. The van der Waals surface area contributed by atoms with E-state index in [-0.39, 0.29) is 11.9 Å². The van der Waals surface area contributed by atoms with E-state index in [0.717, 1.165) is 17.7 Å². The molecule has 0 aliphatic carbocycles. The molecule has 1 aliphatic rings. The molecule has 0 spiro atoms. The molecule has 1 aliphatic heterocycles. The third-order valence-electron chi connectivity index (χ3n) is 4.01. The molecule has 0 saturated heterocycles. The molecule has 2 aromatic rings. The number of nitrogens with zero attached hydrogens (tertiary/aromatic N) is 1. The maximum Gasteiger partial charge on any atom is 0.237 e. The van der Waals surface area contributed by atoms with E-state index >= 15 is 0 Å². The van der Waals surface area contributed by atoms with Crippen LogP contribution in [0.4, 0.5) is 5.69 Å². The monoisotopic (exact) mass is 365 g/mol. The van der Waals surface area contributed by atoms with Crippen molar-refractivity contribution in [2.24, 2.45) is 0 Å². The highest BCUT2D eigenvalue weighted by Gasteiger charge is 2.30. The molecule has 1 heterocycles. The Bertz CT molecular complexity index is 714. The summed E-state index contributed by atoms with van der Waals surface area (Å²) in [5.74, 6) is 1.18. The molecule has 2 nitrogen and oxygen atoms in total. The second-order valence-electron chi connectivity index (χ2n) is 5.64. The fraction of sp³-hybridized carbons (Fsp3) is 0.278. The number of hydrogen-bond acceptors (Lipinski definition) is 2. The van der Waals surface area contributed by atoms with Crippen LogP contribution < -0.4 is 4.90 Å². The normalized spacial score (nSPS) is 16.5. The highest BCUT2D eigenvalue weighted by molar-refractivity contribution is 7.99. The van der Waals surface area contributed by atoms with Crippen LogP contribution in [0.1, 0.15) is 18.1 Å². The molecule has 0 fully saturated rings. The Kier molecular flexibility index (Phi) is 5.20. The van der Waals surface area contributed by atoms with Gasteiger partial charge in [-0.25, -0.2) is 0 Å². The maximum atomic E-state index is 12.6. The largest absolute Gasteiger partial charge is 0.308 e. The van der Waals surface area contributed by atoms with Crippen molar-refractivity contribution < 1.29 is 4.79 Å². The molecular formula is C18H17Cl2NOS. The van der Waals surface area contributed by atoms with Crippen LogP contribution in [0.5, 0.6) is 0 Å². The topological polar surface area (TPSA) is 20.3 Å². The molecule has 1 amide bonds. The summed E-state index contributed by atoms with van der Waals surface area (Å²) in [6, 6.07) is 13.8. The first-order valence-electron chi connectivity index (χ1n) is 7.48. The SMILES string of the molecule is CC1Cc2ccccc2N1C(=O)CSCc1c(Cl)cccc1Cl. The van der Waals surface area contributed by atoms with Crippen LogP contribution in [-0.2, 0) is 17.0 Å². The number of amides is 1. The van der Waals surface area contributed by atoms with Crippen LogP contribution in [0, 0.1) is 0 Å². The molecular weight excluding hydrogens is 349 g/mol. The highest BCUT2D eigenvalue weighted by Crippen LogP contribution is 2.33. The van der Waals surface area contributed by atoms with E-state index in [4.69, 9.17) is 23.2 Å². The van der Waals surface area contributed by atoms with Crippen molar-refractivity contribution in [1.82, 2.24) is 0 Å². The number of carbonyl (C=O) groups excluding carboxylic acids is 1. The molecule has 5 heteroatoms. The lowest BCUT2D eigenvalue weighted by molar-refractivity contribution is -0.116. The van der Waals surface area contributed by atoms with E-state index in [1.807, 2.05) is 41.3 Å². The Hall–Kier alpha value is -1.16. The molecule has 120 valence electrons. The van der Waals surface area contributed by atoms with E-state index in [9.17, 15) is 4.79 Å². The lowest BCUT2D eigenvalue weighted by Gasteiger charge is -2.22. The van der Waals surface area contributed by atoms with Crippen LogP contribution in [0.25, 0.3) is 0 Å². The van der Waals surface area contributed by atoms with Gasteiger partial charge in [0.15, 0.2) is 0 Å². The molecule has 3 rings (SSSR count). The minimum Gasteiger partial charge on any atom is -0.308 e. The summed E-state index contributed by atoms with van der Waals surface area (Å²) in [5, 5.41) is 1.30. The Labute approximate surface area is 150 Å². The summed E-state index contributed by atoms with van der Waals surface area (Å²) in [5.41, 5.74) is 3.18. The van der Waals surface area contributed by atoms with E-state index in [2.05, 4.69) is 13.0 Å². The zero-order valence-corrected chi connectivity index (χ0v) is 15.1. The lowest BCUT2D eigenvalue weighted by Crippen LogP contribution is -2.37. The Morgan fingerprint density at radius 3 is 2.61 bits per heavy atom. The van der Waals surface area contributed by atoms with Gasteiger partial charge in [-0.05, 0) is 42.7 Å². The van der Waals surface area contributed by atoms with E-state index < -0.39 is 0 Å². The summed E-state index contributed by atoms with van der Waals surface area (Å²) >= 11 is 13.9. The average molecular weight is 366 g/mol. The zero-order chi connectivity index (χ0) is 16.4. The van der Waals surface area contributed by atoms with Gasteiger partial charge >= 0.3 is 0 Å². The first kappa shape index (κ1) is 16.7. The molecule has 1 unspecified atom stereocenters. The van der Waals surface area contributed by atoms with E-state index in [1.54, 1.807) is 11.8 Å². The number of para-hydroxylation sites is 1. The van der Waals surface area contributed by atoms with Crippen molar-refractivity contribution in [2.45, 2.75) is 25.1 Å². The Morgan fingerprint density at radius 2 is 1.87 bits per heavy atom. The number of thioether (sulfide) groups is 1. The Balaban J connectivity index is 1.64. The van der Waals surface area contributed by atoms with Crippen molar-refractivity contribution in [2.75, 3.05) is 10.7 Å². The number of benzene rings is 2. The first-order chi connectivity index (χ1) is 11.1. The van der Waals surface area contributed by atoms with Crippen molar-refractivity contribution in [3.05, 3.63) is 63.6 Å². The molecule has 0 aromatic heterocycles. The summed E-state index contributed by atoms with van der Waals surface area (Å²) in [4.78, 5) is 14.5. The lowest BCUT2D eigenvalue weighted by atomic mass is 10.1. The van der Waals surface area contributed by atoms with Crippen LogP contribution in [-0.4, -0.2) is 17.7 Å². The van der Waals surface area contributed by atoms with Crippen molar-refractivity contribution in [3.63, 3.8) is 0 Å². The molecule has 23 heavy (non-hydrogen) atoms. The summed E-state index contributed by atoms with van der Waals surface area (Å²) < 4.78 is 0. The number of carbonyl (C=O) groups is 1. The highest BCUT2D eigenvalue weighted by atomic mass is 35.5. The van der Waals surface area contributed by atoms with Gasteiger partial charge in [0.25, 0.3) is 0 Å². The van der Waals surface area contributed by atoms with E-state index in [1.165, 1.54) is 5.56 Å². The molecule has 0 N–H and O–H groups in total. The average Bonchev–Trinajstić information content (AvgIpc) is 2.86. The second-order valence-corrected chi connectivity index (χ2v) is 7.44. The molecule has 1 atom stereocenters. The Morgan fingerprint density at radius 1 is 1.17 bits per heavy atom. The molecule has 0 radical (unpaired) electrons. The van der Waals surface area contributed by atoms with Gasteiger partial charge in [0, 0.05) is 27.5 Å². The number of halogens is 2. The smallest absolute Gasteiger partial charge is 0.237 e.